The van der Waals surface area contributed by atoms with Gasteiger partial charge in [0.05, 0.1) is 19.0 Å². The van der Waals surface area contributed by atoms with Gasteiger partial charge in [-0.25, -0.2) is 4.98 Å². The van der Waals surface area contributed by atoms with Crippen LogP contribution in [0.4, 0.5) is 0 Å². The van der Waals surface area contributed by atoms with Crippen LogP contribution in [-0.2, 0) is 5.88 Å². The van der Waals surface area contributed by atoms with Crippen LogP contribution in [0.2, 0.25) is 0 Å². The van der Waals surface area contributed by atoms with Crippen molar-refractivity contribution in [3.63, 3.8) is 0 Å². The van der Waals surface area contributed by atoms with Gasteiger partial charge in [0.15, 0.2) is 5.65 Å². The van der Waals surface area contributed by atoms with Crippen molar-refractivity contribution in [1.82, 2.24) is 19.4 Å². The Morgan fingerprint density at radius 3 is 2.71 bits per heavy atom. The van der Waals surface area contributed by atoms with E-state index in [2.05, 4.69) is 19.4 Å². The fourth-order valence-electron chi connectivity index (χ4n) is 3.79. The first kappa shape index (κ1) is 13.3. The average molecular weight is 307 g/mol. The zero-order valence-electron chi connectivity index (χ0n) is 12.1. The van der Waals surface area contributed by atoms with Gasteiger partial charge in [-0.2, -0.15) is 4.98 Å². The Morgan fingerprint density at radius 1 is 1.29 bits per heavy atom. The van der Waals surface area contributed by atoms with Gasteiger partial charge in [-0.15, -0.1) is 11.6 Å². The molecule has 3 fully saturated rings. The molecule has 5 heterocycles. The molecule has 1 atom stereocenters. The Morgan fingerprint density at radius 2 is 2.10 bits per heavy atom. The van der Waals surface area contributed by atoms with E-state index in [0.29, 0.717) is 23.7 Å². The molecular weight excluding hydrogens is 288 g/mol. The lowest BCUT2D eigenvalue weighted by molar-refractivity contribution is 0.0575. The minimum atomic E-state index is 0.419. The first-order chi connectivity index (χ1) is 10.3. The Bertz CT molecular complexity index is 663. The number of alkyl halides is 1. The molecule has 0 amide bonds. The van der Waals surface area contributed by atoms with Crippen LogP contribution in [0.25, 0.3) is 11.2 Å². The third-order valence-corrected chi connectivity index (χ3v) is 5.11. The molecule has 0 spiro atoms. The molecule has 0 N–H and O–H groups in total. The normalized spacial score (nSPS) is 28.2. The van der Waals surface area contributed by atoms with Gasteiger partial charge >= 0.3 is 0 Å². The summed E-state index contributed by atoms with van der Waals surface area (Å²) in [6.45, 7) is 3.53. The van der Waals surface area contributed by atoms with Crippen molar-refractivity contribution in [3.8, 4) is 5.88 Å². The van der Waals surface area contributed by atoms with Gasteiger partial charge in [0.1, 0.15) is 11.3 Å². The molecule has 0 saturated carbocycles. The molecule has 2 aromatic rings. The molecule has 112 valence electrons. The first-order valence-electron chi connectivity index (χ1n) is 7.50. The number of hydrogen-bond donors (Lipinski definition) is 0. The maximum atomic E-state index is 6.14. The van der Waals surface area contributed by atoms with Crippen LogP contribution in [0.3, 0.4) is 0 Å². The van der Waals surface area contributed by atoms with Crippen LogP contribution >= 0.6 is 11.6 Å². The predicted octanol–water partition coefficient (Wildman–Crippen LogP) is 2.45. The average Bonchev–Trinajstić information content (AvgIpc) is 2.93. The Hall–Kier alpha value is -1.33. The summed E-state index contributed by atoms with van der Waals surface area (Å²) in [4.78, 5) is 11.8. The minimum absolute atomic E-state index is 0.419. The molecule has 1 unspecified atom stereocenters. The SMILES string of the molecule is COc1ccc2nc(CCl)n(C3CN4CCC3CC4)c2n1. The number of methoxy groups -OCH3 is 1. The molecule has 0 aliphatic carbocycles. The van der Waals surface area contributed by atoms with E-state index in [-0.39, 0.29) is 0 Å². The maximum absolute atomic E-state index is 6.14. The highest BCUT2D eigenvalue weighted by Gasteiger charge is 2.37. The van der Waals surface area contributed by atoms with Crippen molar-refractivity contribution in [2.45, 2.75) is 24.8 Å². The van der Waals surface area contributed by atoms with Crippen LogP contribution in [0.1, 0.15) is 24.7 Å². The quantitative estimate of drug-likeness (QED) is 0.817. The monoisotopic (exact) mass is 306 g/mol. The van der Waals surface area contributed by atoms with E-state index in [9.17, 15) is 0 Å². The molecule has 5 rings (SSSR count). The molecule has 3 saturated heterocycles. The van der Waals surface area contributed by atoms with Gasteiger partial charge in [-0.3, -0.25) is 0 Å². The number of ether oxygens (including phenoxy) is 1. The molecular formula is C15H19ClN4O. The van der Waals surface area contributed by atoms with Crippen molar-refractivity contribution in [2.75, 3.05) is 26.7 Å². The lowest BCUT2D eigenvalue weighted by Gasteiger charge is -2.45. The summed E-state index contributed by atoms with van der Waals surface area (Å²) in [5.74, 6) is 2.68. The highest BCUT2D eigenvalue weighted by molar-refractivity contribution is 6.16. The van der Waals surface area contributed by atoms with Crippen LogP contribution in [0.5, 0.6) is 5.88 Å². The number of halogens is 1. The van der Waals surface area contributed by atoms with E-state index in [1.54, 1.807) is 7.11 Å². The number of pyridine rings is 1. The third kappa shape index (κ3) is 2.10. The standard InChI is InChI=1S/C15H19ClN4O/c1-21-14-3-2-11-15(18-14)20(13(8-16)17-11)12-9-19-6-4-10(12)5-7-19/h2-3,10,12H,4-9H2,1H3. The highest BCUT2D eigenvalue weighted by Crippen LogP contribution is 2.38. The zero-order chi connectivity index (χ0) is 14.4. The van der Waals surface area contributed by atoms with Crippen molar-refractivity contribution in [1.29, 1.82) is 0 Å². The van der Waals surface area contributed by atoms with E-state index in [4.69, 9.17) is 16.3 Å². The number of aromatic nitrogens is 3. The number of rotatable bonds is 3. The van der Waals surface area contributed by atoms with Crippen molar-refractivity contribution in [3.05, 3.63) is 18.0 Å². The first-order valence-corrected chi connectivity index (χ1v) is 8.03. The zero-order valence-corrected chi connectivity index (χ0v) is 12.9. The topological polar surface area (TPSA) is 43.2 Å². The fourth-order valence-corrected chi connectivity index (χ4v) is 3.97. The van der Waals surface area contributed by atoms with E-state index >= 15 is 0 Å². The van der Waals surface area contributed by atoms with E-state index in [1.165, 1.54) is 25.9 Å². The Labute approximate surface area is 128 Å². The van der Waals surface area contributed by atoms with E-state index < -0.39 is 0 Å². The lowest BCUT2D eigenvalue weighted by atomic mass is 9.84. The second-order valence-electron chi connectivity index (χ2n) is 5.93. The van der Waals surface area contributed by atoms with Gasteiger partial charge in [0, 0.05) is 12.6 Å². The number of imidazole rings is 1. The summed E-state index contributed by atoms with van der Waals surface area (Å²) in [5, 5.41) is 0. The molecule has 5 nitrogen and oxygen atoms in total. The second-order valence-corrected chi connectivity index (χ2v) is 6.20. The van der Waals surface area contributed by atoms with Crippen molar-refractivity contribution < 1.29 is 4.74 Å². The van der Waals surface area contributed by atoms with E-state index in [0.717, 1.165) is 23.5 Å². The smallest absolute Gasteiger partial charge is 0.215 e. The van der Waals surface area contributed by atoms with Crippen molar-refractivity contribution >= 4 is 22.8 Å². The van der Waals surface area contributed by atoms with Crippen molar-refractivity contribution in [2.24, 2.45) is 5.92 Å². The second kappa shape index (κ2) is 5.14. The lowest BCUT2D eigenvalue weighted by Crippen LogP contribution is -2.48. The largest absolute Gasteiger partial charge is 0.481 e. The summed E-state index contributed by atoms with van der Waals surface area (Å²) < 4.78 is 7.54. The summed E-state index contributed by atoms with van der Waals surface area (Å²) in [6, 6.07) is 4.26. The summed E-state index contributed by atoms with van der Waals surface area (Å²) >= 11 is 6.14. The van der Waals surface area contributed by atoms with Gasteiger partial charge < -0.3 is 14.2 Å². The summed E-state index contributed by atoms with van der Waals surface area (Å²) in [6.07, 6.45) is 2.52. The number of fused-ring (bicyclic) bond motifs is 4. The molecule has 6 heteroatoms. The van der Waals surface area contributed by atoms with Gasteiger partial charge in [0.25, 0.3) is 0 Å². The molecule has 0 radical (unpaired) electrons. The molecule has 2 aromatic heterocycles. The molecule has 3 aliphatic heterocycles. The number of piperidine rings is 3. The number of hydrogen-bond acceptors (Lipinski definition) is 4. The van der Waals surface area contributed by atoms with Crippen LogP contribution < -0.4 is 4.74 Å². The highest BCUT2D eigenvalue weighted by atomic mass is 35.5. The van der Waals surface area contributed by atoms with Gasteiger partial charge in [-0.05, 0) is 37.9 Å². The molecule has 2 bridgehead atoms. The van der Waals surface area contributed by atoms with Gasteiger partial charge in [-0.1, -0.05) is 0 Å². The predicted molar refractivity (Wildman–Crippen MR) is 81.8 cm³/mol. The summed E-state index contributed by atoms with van der Waals surface area (Å²) in [5.41, 5.74) is 1.81. The minimum Gasteiger partial charge on any atom is -0.481 e. The molecule has 21 heavy (non-hydrogen) atoms. The molecule has 0 aromatic carbocycles. The van der Waals surface area contributed by atoms with Crippen LogP contribution in [-0.4, -0.2) is 46.2 Å². The van der Waals surface area contributed by atoms with E-state index in [1.807, 2.05) is 12.1 Å². The maximum Gasteiger partial charge on any atom is 0.215 e. The summed E-state index contributed by atoms with van der Waals surface area (Å²) in [7, 11) is 1.64. The third-order valence-electron chi connectivity index (χ3n) is 4.87. The number of nitrogens with zero attached hydrogens (tertiary/aromatic N) is 4. The van der Waals surface area contributed by atoms with Crippen LogP contribution in [0, 0.1) is 5.92 Å². The molecule has 3 aliphatic rings. The fraction of sp³-hybridized carbons (Fsp3) is 0.600. The Kier molecular flexibility index (Phi) is 3.27. The Balaban J connectivity index is 1.85. The van der Waals surface area contributed by atoms with Crippen LogP contribution in [0.15, 0.2) is 12.1 Å². The van der Waals surface area contributed by atoms with Gasteiger partial charge in [0.2, 0.25) is 5.88 Å².